The topological polar surface area (TPSA) is 91.7 Å². The number of carbonyl (C=O) groups is 1. The molecular formula is C22H20N4O3S3. The summed E-state index contributed by atoms with van der Waals surface area (Å²) in [5.74, 6) is -0.254. The average Bonchev–Trinajstić information content (AvgIpc) is 3.26. The fourth-order valence-electron chi connectivity index (χ4n) is 3.58. The van der Waals surface area contributed by atoms with E-state index < -0.39 is 10.0 Å². The Labute approximate surface area is 194 Å². The van der Waals surface area contributed by atoms with Crippen LogP contribution in [0.15, 0.2) is 51.8 Å². The minimum atomic E-state index is -3.41. The van der Waals surface area contributed by atoms with Crippen molar-refractivity contribution in [2.45, 2.75) is 25.2 Å². The van der Waals surface area contributed by atoms with E-state index in [9.17, 15) is 13.2 Å². The number of rotatable bonds is 4. The second-order valence-corrected chi connectivity index (χ2v) is 11.6. The van der Waals surface area contributed by atoms with Crippen LogP contribution in [0.3, 0.4) is 0 Å². The maximum absolute atomic E-state index is 12.9. The fraction of sp³-hybridized carbons (Fsp3) is 0.227. The molecule has 1 amide bonds. The zero-order valence-corrected chi connectivity index (χ0v) is 19.9. The van der Waals surface area contributed by atoms with Crippen LogP contribution >= 0.6 is 23.1 Å². The molecule has 0 atom stereocenters. The number of anilines is 2. The average molecular weight is 485 g/mol. The van der Waals surface area contributed by atoms with Crippen molar-refractivity contribution < 1.29 is 13.2 Å². The molecule has 2 aromatic carbocycles. The third-order valence-electron chi connectivity index (χ3n) is 5.33. The number of fused-ring (bicyclic) bond motifs is 3. The molecule has 32 heavy (non-hydrogen) atoms. The molecule has 2 aliphatic rings. The second-order valence-electron chi connectivity index (χ2n) is 7.74. The number of aryl methyl sites for hydroxylation is 2. The molecule has 0 radical (unpaired) electrons. The van der Waals surface area contributed by atoms with Gasteiger partial charge in [0, 0.05) is 28.3 Å². The first-order valence-electron chi connectivity index (χ1n) is 10.0. The van der Waals surface area contributed by atoms with Crippen LogP contribution in [-0.2, 0) is 16.4 Å². The Balaban J connectivity index is 1.32. The summed E-state index contributed by atoms with van der Waals surface area (Å²) in [4.78, 5) is 21.2. The van der Waals surface area contributed by atoms with Crippen molar-refractivity contribution in [2.24, 2.45) is 4.40 Å². The van der Waals surface area contributed by atoms with Gasteiger partial charge in [-0.3, -0.25) is 10.1 Å². The first-order valence-corrected chi connectivity index (χ1v) is 13.3. The molecule has 0 saturated carbocycles. The Morgan fingerprint density at radius 2 is 1.94 bits per heavy atom. The number of hydrogen-bond donors (Lipinski definition) is 1. The highest BCUT2D eigenvalue weighted by Gasteiger charge is 2.33. The molecule has 0 saturated heterocycles. The van der Waals surface area contributed by atoms with Gasteiger partial charge in [-0.25, -0.2) is 13.4 Å². The van der Waals surface area contributed by atoms with Gasteiger partial charge in [0.1, 0.15) is 0 Å². The maximum atomic E-state index is 12.9. The molecule has 2 aliphatic heterocycles. The van der Waals surface area contributed by atoms with Gasteiger partial charge in [0.2, 0.25) is 0 Å². The third-order valence-corrected chi connectivity index (χ3v) is 8.71. The minimum absolute atomic E-state index is 0.00689. The van der Waals surface area contributed by atoms with E-state index in [4.69, 9.17) is 0 Å². The number of benzene rings is 2. The largest absolute Gasteiger partial charge is 0.318 e. The lowest BCUT2D eigenvalue weighted by Gasteiger charge is -2.22. The number of aromatic nitrogens is 1. The van der Waals surface area contributed by atoms with Gasteiger partial charge in [-0.1, -0.05) is 29.8 Å². The van der Waals surface area contributed by atoms with Crippen LogP contribution in [-0.4, -0.2) is 36.8 Å². The van der Waals surface area contributed by atoms with Gasteiger partial charge in [0.25, 0.3) is 15.9 Å². The van der Waals surface area contributed by atoms with Gasteiger partial charge in [0.05, 0.1) is 17.1 Å². The number of thiazole rings is 1. The maximum Gasteiger partial charge on any atom is 0.257 e. The molecule has 1 N–H and O–H groups in total. The highest BCUT2D eigenvalue weighted by molar-refractivity contribution is 8.15. The number of thioether (sulfide) groups is 1. The molecular weight excluding hydrogens is 464 g/mol. The molecule has 164 valence electrons. The van der Waals surface area contributed by atoms with Crippen LogP contribution in [0.5, 0.6) is 0 Å². The Morgan fingerprint density at radius 1 is 1.16 bits per heavy atom. The van der Waals surface area contributed by atoms with E-state index in [1.54, 1.807) is 12.1 Å². The van der Waals surface area contributed by atoms with E-state index in [1.165, 1.54) is 34.2 Å². The zero-order valence-electron chi connectivity index (χ0n) is 17.5. The highest BCUT2D eigenvalue weighted by Crippen LogP contribution is 2.42. The Bertz CT molecular complexity index is 1360. The number of sulfonamides is 1. The summed E-state index contributed by atoms with van der Waals surface area (Å²) in [6.07, 6.45) is 0.774. The van der Waals surface area contributed by atoms with Crippen LogP contribution in [0.4, 0.5) is 10.8 Å². The molecule has 0 aliphatic carbocycles. The van der Waals surface area contributed by atoms with E-state index in [1.807, 2.05) is 17.9 Å². The molecule has 5 rings (SSSR count). The summed E-state index contributed by atoms with van der Waals surface area (Å²) in [6.45, 7) is 4.38. The molecule has 0 unspecified atom stereocenters. The van der Waals surface area contributed by atoms with E-state index in [2.05, 4.69) is 45.9 Å². The summed E-state index contributed by atoms with van der Waals surface area (Å²) < 4.78 is 27.4. The summed E-state index contributed by atoms with van der Waals surface area (Å²) in [6, 6.07) is 13.8. The zero-order chi connectivity index (χ0) is 22.5. The van der Waals surface area contributed by atoms with E-state index in [-0.39, 0.29) is 11.7 Å². The monoisotopic (exact) mass is 484 g/mol. The van der Waals surface area contributed by atoms with Crippen molar-refractivity contribution in [1.29, 1.82) is 0 Å². The fourth-order valence-corrected chi connectivity index (χ4v) is 6.87. The van der Waals surface area contributed by atoms with Gasteiger partial charge in [0.15, 0.2) is 10.3 Å². The first-order chi connectivity index (χ1) is 15.3. The van der Waals surface area contributed by atoms with Crippen LogP contribution in [0.2, 0.25) is 0 Å². The summed E-state index contributed by atoms with van der Waals surface area (Å²) >= 11 is 2.75. The van der Waals surface area contributed by atoms with Gasteiger partial charge < -0.3 is 4.90 Å². The van der Waals surface area contributed by atoms with Gasteiger partial charge in [-0.05, 0) is 49.4 Å². The minimum Gasteiger partial charge on any atom is -0.318 e. The van der Waals surface area contributed by atoms with Crippen molar-refractivity contribution in [3.63, 3.8) is 0 Å². The Morgan fingerprint density at radius 3 is 2.72 bits per heavy atom. The van der Waals surface area contributed by atoms with Crippen LogP contribution < -0.4 is 10.2 Å². The third kappa shape index (κ3) is 4.17. The van der Waals surface area contributed by atoms with Crippen LogP contribution in [0.25, 0.3) is 0 Å². The summed E-state index contributed by atoms with van der Waals surface area (Å²) in [5.41, 5.74) is 4.71. The van der Waals surface area contributed by atoms with E-state index in [0.29, 0.717) is 22.4 Å². The van der Waals surface area contributed by atoms with Crippen molar-refractivity contribution in [3.8, 4) is 0 Å². The van der Waals surface area contributed by atoms with Crippen molar-refractivity contribution in [1.82, 2.24) is 4.98 Å². The standard InChI is InChI=1S/C22H20N4O3S3/c1-13-3-5-15(6-4-13)11-18-14(2)23-21(30-18)24-20(27)16-7-8-17-19(12-16)31-22-25-32(28,29)10-9-26(17)22/h3-8,12H,9-11H2,1-2H3,(H,23,24,27). The lowest BCUT2D eigenvalue weighted by atomic mass is 10.1. The highest BCUT2D eigenvalue weighted by atomic mass is 32.2. The molecule has 0 bridgehead atoms. The second kappa shape index (κ2) is 8.02. The normalized spacial score (nSPS) is 16.3. The van der Waals surface area contributed by atoms with Gasteiger partial charge >= 0.3 is 0 Å². The molecule has 3 aromatic rings. The first kappa shape index (κ1) is 21.2. The summed E-state index contributed by atoms with van der Waals surface area (Å²) in [7, 11) is -3.41. The molecule has 0 spiro atoms. The predicted molar refractivity (Wildman–Crippen MR) is 130 cm³/mol. The van der Waals surface area contributed by atoms with Crippen molar-refractivity contribution >= 4 is 55.0 Å². The summed E-state index contributed by atoms with van der Waals surface area (Å²) in [5, 5.41) is 3.91. The predicted octanol–water partition coefficient (Wildman–Crippen LogP) is 4.21. The number of carbonyl (C=O) groups excluding carboxylic acids is 1. The number of amidine groups is 1. The number of nitrogens with one attached hydrogen (secondary N) is 1. The SMILES string of the molecule is Cc1ccc(Cc2sc(NC(=O)c3ccc4c(c3)SC3=NS(=O)(=O)CCN34)nc2C)cc1. The van der Waals surface area contributed by atoms with E-state index in [0.717, 1.165) is 27.6 Å². The molecule has 3 heterocycles. The van der Waals surface area contributed by atoms with Crippen LogP contribution in [0.1, 0.15) is 32.1 Å². The molecule has 1 aromatic heterocycles. The molecule has 10 heteroatoms. The van der Waals surface area contributed by atoms with Crippen molar-refractivity contribution in [2.75, 3.05) is 22.5 Å². The molecule has 0 fully saturated rings. The van der Waals surface area contributed by atoms with Crippen LogP contribution in [0, 0.1) is 13.8 Å². The lowest BCUT2D eigenvalue weighted by molar-refractivity contribution is 0.102. The smallest absolute Gasteiger partial charge is 0.257 e. The van der Waals surface area contributed by atoms with E-state index >= 15 is 0 Å². The Kier molecular flexibility index (Phi) is 5.31. The lowest BCUT2D eigenvalue weighted by Crippen LogP contribution is -2.35. The quantitative estimate of drug-likeness (QED) is 0.596. The number of hydrogen-bond acceptors (Lipinski definition) is 7. The van der Waals surface area contributed by atoms with Crippen molar-refractivity contribution in [3.05, 3.63) is 69.7 Å². The Hall–Kier alpha value is -2.69. The van der Waals surface area contributed by atoms with Gasteiger partial charge in [-0.15, -0.1) is 15.7 Å². The number of amides is 1. The molecule has 7 nitrogen and oxygen atoms in total. The van der Waals surface area contributed by atoms with Gasteiger partial charge in [-0.2, -0.15) is 0 Å². The number of nitrogens with zero attached hydrogens (tertiary/aromatic N) is 3.